The van der Waals surface area contributed by atoms with Crippen molar-refractivity contribution in [1.29, 1.82) is 0 Å². The molecule has 0 aliphatic carbocycles. The van der Waals surface area contributed by atoms with Crippen molar-refractivity contribution in [2.45, 2.75) is 11.1 Å². The number of carbonyl (C=O) groups excluding carboxylic acids is 1. The minimum absolute atomic E-state index is 0.0500. The SMILES string of the molecule is O=C(NCC(F)(F)F)c1ccc(S(=O)(=O)NCC[NH+]2CCOCC2)cc1. The quantitative estimate of drug-likeness (QED) is 0.562. The lowest BCUT2D eigenvalue weighted by atomic mass is 10.2. The number of quaternary nitrogens is 1. The van der Waals surface area contributed by atoms with Gasteiger partial charge in [-0.2, -0.15) is 13.2 Å². The summed E-state index contributed by atoms with van der Waals surface area (Å²) in [6, 6.07) is 4.72. The van der Waals surface area contributed by atoms with Crippen molar-refractivity contribution in [1.82, 2.24) is 10.0 Å². The second-order valence-corrected chi connectivity index (χ2v) is 7.60. The molecule has 0 unspecified atom stereocenters. The Labute approximate surface area is 149 Å². The smallest absolute Gasteiger partial charge is 0.370 e. The fraction of sp³-hybridized carbons (Fsp3) is 0.533. The first-order valence-corrected chi connectivity index (χ1v) is 9.52. The Morgan fingerprint density at radius 2 is 1.77 bits per heavy atom. The molecule has 1 saturated heterocycles. The van der Waals surface area contributed by atoms with Gasteiger partial charge < -0.3 is 15.0 Å². The van der Waals surface area contributed by atoms with Crippen LogP contribution in [0.3, 0.4) is 0 Å². The molecule has 0 saturated carbocycles. The number of amides is 1. The normalized spacial score (nSPS) is 16.4. The molecule has 0 bridgehead atoms. The van der Waals surface area contributed by atoms with Crippen LogP contribution in [0.2, 0.25) is 0 Å². The minimum atomic E-state index is -4.51. The van der Waals surface area contributed by atoms with E-state index in [1.807, 2.05) is 0 Å². The van der Waals surface area contributed by atoms with Gasteiger partial charge in [0.25, 0.3) is 5.91 Å². The highest BCUT2D eigenvalue weighted by Gasteiger charge is 2.28. The molecule has 7 nitrogen and oxygen atoms in total. The van der Waals surface area contributed by atoms with Gasteiger partial charge in [0.2, 0.25) is 10.0 Å². The van der Waals surface area contributed by atoms with E-state index in [2.05, 4.69) is 4.72 Å². The van der Waals surface area contributed by atoms with Crippen LogP contribution in [0.15, 0.2) is 29.2 Å². The van der Waals surface area contributed by atoms with Crippen LogP contribution in [0.1, 0.15) is 10.4 Å². The standard InChI is InChI=1S/C15H20F3N3O4S/c16-15(17,18)11-19-14(22)12-1-3-13(4-2-12)26(23,24)20-5-6-21-7-9-25-10-8-21/h1-4,20H,5-11H2,(H,19,22)/p+1. The number of sulfonamides is 1. The summed E-state index contributed by atoms with van der Waals surface area (Å²) >= 11 is 0. The third-order valence-corrected chi connectivity index (χ3v) is 5.32. The number of ether oxygens (including phenoxy) is 1. The van der Waals surface area contributed by atoms with E-state index in [4.69, 9.17) is 4.74 Å². The number of alkyl halides is 3. The predicted molar refractivity (Wildman–Crippen MR) is 86.4 cm³/mol. The maximum Gasteiger partial charge on any atom is 0.405 e. The number of nitrogens with one attached hydrogen (secondary N) is 3. The first-order chi connectivity index (χ1) is 12.2. The van der Waals surface area contributed by atoms with Crippen LogP contribution in [0.25, 0.3) is 0 Å². The summed E-state index contributed by atoms with van der Waals surface area (Å²) in [5.41, 5.74) is -0.0500. The molecule has 11 heteroatoms. The third kappa shape index (κ3) is 6.56. The fourth-order valence-electron chi connectivity index (χ4n) is 2.42. The summed E-state index contributed by atoms with van der Waals surface area (Å²) in [6.07, 6.45) is -4.51. The van der Waals surface area contributed by atoms with Crippen molar-refractivity contribution in [2.75, 3.05) is 45.9 Å². The van der Waals surface area contributed by atoms with E-state index in [0.29, 0.717) is 19.8 Å². The van der Waals surface area contributed by atoms with Crippen LogP contribution in [0.5, 0.6) is 0 Å². The van der Waals surface area contributed by atoms with Crippen molar-refractivity contribution in [2.24, 2.45) is 0 Å². The largest absolute Gasteiger partial charge is 0.405 e. The molecule has 1 aromatic rings. The number of benzene rings is 1. The first kappa shape index (κ1) is 20.6. The number of carbonyl (C=O) groups is 1. The molecular weight excluding hydrogens is 375 g/mol. The van der Waals surface area contributed by atoms with E-state index >= 15 is 0 Å². The molecule has 0 atom stereocenters. The molecule has 1 heterocycles. The summed E-state index contributed by atoms with van der Waals surface area (Å²) in [4.78, 5) is 12.8. The second-order valence-electron chi connectivity index (χ2n) is 5.83. The Bertz CT molecular complexity index is 702. The summed E-state index contributed by atoms with van der Waals surface area (Å²) in [7, 11) is -3.75. The second kappa shape index (κ2) is 8.80. The minimum Gasteiger partial charge on any atom is -0.370 e. The molecule has 1 amide bonds. The van der Waals surface area contributed by atoms with E-state index < -0.39 is 28.7 Å². The highest BCUT2D eigenvalue weighted by atomic mass is 32.2. The number of rotatable bonds is 7. The van der Waals surface area contributed by atoms with E-state index in [1.54, 1.807) is 5.32 Å². The van der Waals surface area contributed by atoms with Crippen LogP contribution in [0, 0.1) is 0 Å². The van der Waals surface area contributed by atoms with Gasteiger partial charge in [-0.3, -0.25) is 4.79 Å². The molecule has 3 N–H and O–H groups in total. The average Bonchev–Trinajstić information content (AvgIpc) is 2.60. The lowest BCUT2D eigenvalue weighted by Crippen LogP contribution is -3.14. The molecule has 26 heavy (non-hydrogen) atoms. The Morgan fingerprint density at radius 3 is 2.35 bits per heavy atom. The van der Waals surface area contributed by atoms with Gasteiger partial charge >= 0.3 is 6.18 Å². The molecule has 146 valence electrons. The van der Waals surface area contributed by atoms with Gasteiger partial charge in [0, 0.05) is 5.56 Å². The molecule has 0 spiro atoms. The number of halogens is 3. The van der Waals surface area contributed by atoms with E-state index in [0.717, 1.165) is 13.1 Å². The summed E-state index contributed by atoms with van der Waals surface area (Å²) in [5, 5.41) is 1.73. The van der Waals surface area contributed by atoms with E-state index in [1.165, 1.54) is 29.2 Å². The zero-order valence-corrected chi connectivity index (χ0v) is 14.8. The maximum atomic E-state index is 12.2. The van der Waals surface area contributed by atoms with Gasteiger partial charge in [-0.1, -0.05) is 0 Å². The van der Waals surface area contributed by atoms with Gasteiger partial charge in [-0.25, -0.2) is 13.1 Å². The van der Waals surface area contributed by atoms with Crippen LogP contribution in [-0.4, -0.2) is 66.4 Å². The number of morpholine rings is 1. The molecule has 1 aliphatic heterocycles. The molecule has 0 aromatic heterocycles. The zero-order valence-electron chi connectivity index (χ0n) is 13.9. The number of hydrogen-bond donors (Lipinski definition) is 3. The molecule has 1 fully saturated rings. The van der Waals surface area contributed by atoms with Crippen molar-refractivity contribution >= 4 is 15.9 Å². The van der Waals surface area contributed by atoms with Crippen LogP contribution in [-0.2, 0) is 14.8 Å². The Morgan fingerprint density at radius 1 is 1.15 bits per heavy atom. The van der Waals surface area contributed by atoms with Gasteiger partial charge in [0.1, 0.15) is 19.6 Å². The zero-order chi connectivity index (χ0) is 19.2. The van der Waals surface area contributed by atoms with Gasteiger partial charge in [0.05, 0.1) is 31.2 Å². The highest BCUT2D eigenvalue weighted by Crippen LogP contribution is 2.14. The molecule has 2 rings (SSSR count). The monoisotopic (exact) mass is 396 g/mol. The maximum absolute atomic E-state index is 12.2. The molecular formula is C15H21F3N3O4S+. The van der Waals surface area contributed by atoms with Crippen LogP contribution < -0.4 is 14.9 Å². The summed E-state index contributed by atoms with van der Waals surface area (Å²) in [6.45, 7) is 2.39. The number of hydrogen-bond acceptors (Lipinski definition) is 4. The Kier molecular flexibility index (Phi) is 6.98. The topological polar surface area (TPSA) is 88.9 Å². The molecule has 1 aromatic carbocycles. The Balaban J connectivity index is 1.88. The Hall–Kier alpha value is -1.69. The van der Waals surface area contributed by atoms with Crippen LogP contribution in [0.4, 0.5) is 13.2 Å². The fourth-order valence-corrected chi connectivity index (χ4v) is 3.46. The summed E-state index contributed by atoms with van der Waals surface area (Å²) in [5.74, 6) is -0.921. The average molecular weight is 396 g/mol. The first-order valence-electron chi connectivity index (χ1n) is 8.03. The predicted octanol–water partition coefficient (Wildman–Crippen LogP) is -0.828. The van der Waals surface area contributed by atoms with Crippen LogP contribution >= 0.6 is 0 Å². The van der Waals surface area contributed by atoms with Crippen molar-refractivity contribution in [3.8, 4) is 0 Å². The van der Waals surface area contributed by atoms with Crippen molar-refractivity contribution < 1.29 is 36.0 Å². The van der Waals surface area contributed by atoms with Crippen molar-refractivity contribution in [3.63, 3.8) is 0 Å². The van der Waals surface area contributed by atoms with Crippen molar-refractivity contribution in [3.05, 3.63) is 29.8 Å². The molecule has 0 radical (unpaired) electrons. The van der Waals surface area contributed by atoms with Gasteiger partial charge in [0.15, 0.2) is 0 Å². The summed E-state index contributed by atoms with van der Waals surface area (Å²) < 4.78 is 68.4. The molecule has 1 aliphatic rings. The highest BCUT2D eigenvalue weighted by molar-refractivity contribution is 7.89. The van der Waals surface area contributed by atoms with E-state index in [-0.39, 0.29) is 17.0 Å². The van der Waals surface area contributed by atoms with Gasteiger partial charge in [-0.05, 0) is 24.3 Å². The van der Waals surface area contributed by atoms with E-state index in [9.17, 15) is 26.4 Å². The van der Waals surface area contributed by atoms with Gasteiger partial charge in [-0.15, -0.1) is 0 Å². The lowest BCUT2D eigenvalue weighted by molar-refractivity contribution is -0.906. The third-order valence-electron chi connectivity index (χ3n) is 3.85. The lowest BCUT2D eigenvalue weighted by Gasteiger charge is -2.23.